The van der Waals surface area contributed by atoms with Crippen LogP contribution in [0, 0.1) is 5.92 Å². The van der Waals surface area contributed by atoms with Crippen molar-refractivity contribution < 1.29 is 14.3 Å². The molecule has 1 N–H and O–H groups in total. The first kappa shape index (κ1) is 20.0. The van der Waals surface area contributed by atoms with Gasteiger partial charge < -0.3 is 19.7 Å². The third-order valence-electron chi connectivity index (χ3n) is 5.73. The number of rotatable bonds is 7. The monoisotopic (exact) mass is 375 g/mol. The van der Waals surface area contributed by atoms with E-state index in [1.165, 1.54) is 51.7 Å². The van der Waals surface area contributed by atoms with E-state index in [1.54, 1.807) is 6.92 Å². The van der Waals surface area contributed by atoms with Crippen molar-refractivity contribution in [1.29, 1.82) is 0 Å². The second-order valence-electron chi connectivity index (χ2n) is 7.59. The van der Waals surface area contributed by atoms with Crippen LogP contribution in [0.2, 0.25) is 0 Å². The van der Waals surface area contributed by atoms with E-state index in [2.05, 4.69) is 27.2 Å². The summed E-state index contributed by atoms with van der Waals surface area (Å²) in [4.78, 5) is 16.5. The van der Waals surface area contributed by atoms with E-state index < -0.39 is 6.10 Å². The number of anilines is 1. The summed E-state index contributed by atoms with van der Waals surface area (Å²) < 4.78 is 10.3. The molecule has 6 heteroatoms. The average molecular weight is 376 g/mol. The molecule has 1 unspecified atom stereocenters. The average Bonchev–Trinajstić information content (AvgIpc) is 2.73. The van der Waals surface area contributed by atoms with E-state index in [0.29, 0.717) is 5.75 Å². The molecule has 2 fully saturated rings. The number of piperazine rings is 1. The van der Waals surface area contributed by atoms with Crippen LogP contribution in [0.5, 0.6) is 5.75 Å². The van der Waals surface area contributed by atoms with Crippen molar-refractivity contribution in [2.45, 2.75) is 32.3 Å². The van der Waals surface area contributed by atoms with Crippen molar-refractivity contribution in [1.82, 2.24) is 10.2 Å². The molecular formula is C21H33N3O3. The van der Waals surface area contributed by atoms with Gasteiger partial charge >= 0.3 is 5.97 Å². The molecule has 1 aromatic carbocycles. The zero-order valence-electron chi connectivity index (χ0n) is 16.7. The van der Waals surface area contributed by atoms with Crippen LogP contribution >= 0.6 is 0 Å². The fraction of sp³-hybridized carbons (Fsp3) is 0.667. The van der Waals surface area contributed by atoms with Crippen molar-refractivity contribution >= 4 is 11.7 Å². The number of carbonyl (C=O) groups is 1. The summed E-state index contributed by atoms with van der Waals surface area (Å²) in [6.07, 6.45) is 3.42. The zero-order valence-corrected chi connectivity index (χ0v) is 16.7. The van der Waals surface area contributed by atoms with Crippen LogP contribution in [0.3, 0.4) is 0 Å². The van der Waals surface area contributed by atoms with E-state index in [-0.39, 0.29) is 5.97 Å². The summed E-state index contributed by atoms with van der Waals surface area (Å²) in [6, 6.07) is 8.00. The van der Waals surface area contributed by atoms with Crippen LogP contribution in [0.25, 0.3) is 0 Å². The van der Waals surface area contributed by atoms with Crippen LogP contribution < -0.4 is 15.0 Å². The van der Waals surface area contributed by atoms with Gasteiger partial charge in [0.2, 0.25) is 0 Å². The molecule has 2 aliphatic rings. The lowest BCUT2D eigenvalue weighted by Crippen LogP contribution is -2.47. The van der Waals surface area contributed by atoms with Gasteiger partial charge in [-0.15, -0.1) is 0 Å². The number of esters is 1. The number of ether oxygens (including phenoxy) is 2. The Kier molecular flexibility index (Phi) is 7.35. The molecule has 2 aliphatic heterocycles. The molecule has 150 valence electrons. The number of benzene rings is 1. The Morgan fingerprint density at radius 1 is 1.15 bits per heavy atom. The normalized spacial score (nSPS) is 20.3. The lowest BCUT2D eigenvalue weighted by molar-refractivity contribution is -0.147. The molecule has 0 spiro atoms. The molecular weight excluding hydrogens is 342 g/mol. The highest BCUT2D eigenvalue weighted by molar-refractivity contribution is 5.74. The number of nitrogens with one attached hydrogen (secondary N) is 1. The fourth-order valence-electron chi connectivity index (χ4n) is 3.92. The molecule has 2 heterocycles. The Balaban J connectivity index is 1.41. The summed E-state index contributed by atoms with van der Waals surface area (Å²) in [5.41, 5.74) is 1.21. The van der Waals surface area contributed by atoms with E-state index in [9.17, 15) is 4.79 Å². The first-order valence-electron chi connectivity index (χ1n) is 10.2. The van der Waals surface area contributed by atoms with Crippen molar-refractivity contribution in [2.75, 3.05) is 57.8 Å². The molecule has 1 aromatic rings. The maximum absolute atomic E-state index is 11.5. The standard InChI is InChI=1S/C21H33N3O3/c1-17(21(25)26-2)27-20-5-3-19(4-6-20)24-15-13-23(14-16-24)12-9-18-7-10-22-11-8-18/h3-6,17-18,22H,7-16H2,1-2H3. The van der Waals surface area contributed by atoms with Crippen LogP contribution in [0.4, 0.5) is 5.69 Å². The fourth-order valence-corrected chi connectivity index (χ4v) is 3.92. The maximum Gasteiger partial charge on any atom is 0.346 e. The minimum absolute atomic E-state index is 0.361. The largest absolute Gasteiger partial charge is 0.479 e. The Hall–Kier alpha value is -1.79. The highest BCUT2D eigenvalue weighted by Crippen LogP contribution is 2.22. The first-order valence-corrected chi connectivity index (χ1v) is 10.2. The second kappa shape index (κ2) is 9.95. The van der Waals surface area contributed by atoms with Crippen molar-refractivity contribution in [3.8, 4) is 5.75 Å². The highest BCUT2D eigenvalue weighted by Gasteiger charge is 2.20. The lowest BCUT2D eigenvalue weighted by atomic mass is 9.94. The first-order chi connectivity index (χ1) is 13.2. The molecule has 6 nitrogen and oxygen atoms in total. The van der Waals surface area contributed by atoms with E-state index in [4.69, 9.17) is 9.47 Å². The van der Waals surface area contributed by atoms with Gasteiger partial charge in [-0.25, -0.2) is 4.79 Å². The molecule has 1 atom stereocenters. The van der Waals surface area contributed by atoms with Crippen molar-refractivity contribution in [2.24, 2.45) is 5.92 Å². The van der Waals surface area contributed by atoms with Gasteiger partial charge in [0.1, 0.15) is 5.75 Å². The predicted octanol–water partition coefficient (Wildman–Crippen LogP) is 2.14. The van der Waals surface area contributed by atoms with Crippen molar-refractivity contribution in [3.05, 3.63) is 24.3 Å². The minimum Gasteiger partial charge on any atom is -0.479 e. The van der Waals surface area contributed by atoms with Gasteiger partial charge in [0.05, 0.1) is 7.11 Å². The molecule has 0 amide bonds. The van der Waals surface area contributed by atoms with Crippen molar-refractivity contribution in [3.63, 3.8) is 0 Å². The third kappa shape index (κ3) is 5.84. The zero-order chi connectivity index (χ0) is 19.1. The van der Waals surface area contributed by atoms with Gasteiger partial charge in [0.15, 0.2) is 6.10 Å². The number of methoxy groups -OCH3 is 1. The van der Waals surface area contributed by atoms with Gasteiger partial charge in [0.25, 0.3) is 0 Å². The van der Waals surface area contributed by atoms with E-state index in [0.717, 1.165) is 32.1 Å². The van der Waals surface area contributed by atoms with Gasteiger partial charge in [-0.3, -0.25) is 4.90 Å². The summed E-state index contributed by atoms with van der Waals surface area (Å²) >= 11 is 0. The van der Waals surface area contributed by atoms with Crippen LogP contribution in [0.15, 0.2) is 24.3 Å². The number of carbonyl (C=O) groups excluding carboxylic acids is 1. The maximum atomic E-state index is 11.5. The van der Waals surface area contributed by atoms with Gasteiger partial charge in [0, 0.05) is 31.9 Å². The Bertz CT molecular complexity index is 579. The molecule has 0 saturated carbocycles. The van der Waals surface area contributed by atoms with Crippen LogP contribution in [-0.4, -0.2) is 69.9 Å². The van der Waals surface area contributed by atoms with Gasteiger partial charge in [-0.05, 0) is 76.0 Å². The summed E-state index contributed by atoms with van der Waals surface area (Å²) in [5, 5.41) is 3.45. The predicted molar refractivity (Wildman–Crippen MR) is 107 cm³/mol. The summed E-state index contributed by atoms with van der Waals surface area (Å²) in [6.45, 7) is 9.69. The van der Waals surface area contributed by atoms with E-state index >= 15 is 0 Å². The molecule has 0 bridgehead atoms. The quantitative estimate of drug-likeness (QED) is 0.737. The lowest BCUT2D eigenvalue weighted by Gasteiger charge is -2.37. The number of hydrogen-bond acceptors (Lipinski definition) is 6. The summed E-state index contributed by atoms with van der Waals surface area (Å²) in [7, 11) is 1.37. The number of piperidine rings is 1. The number of nitrogens with zero attached hydrogens (tertiary/aromatic N) is 2. The smallest absolute Gasteiger partial charge is 0.346 e. The molecule has 3 rings (SSSR count). The van der Waals surface area contributed by atoms with E-state index in [1.807, 2.05) is 12.1 Å². The SMILES string of the molecule is COC(=O)C(C)Oc1ccc(N2CCN(CCC3CCNCC3)CC2)cc1. The third-order valence-corrected chi connectivity index (χ3v) is 5.73. The molecule has 0 aliphatic carbocycles. The Morgan fingerprint density at radius 3 is 2.44 bits per heavy atom. The Morgan fingerprint density at radius 2 is 1.81 bits per heavy atom. The molecule has 0 aromatic heterocycles. The highest BCUT2D eigenvalue weighted by atomic mass is 16.6. The summed E-state index contributed by atoms with van der Waals surface area (Å²) in [5.74, 6) is 1.24. The molecule has 2 saturated heterocycles. The second-order valence-corrected chi connectivity index (χ2v) is 7.59. The van der Waals surface area contributed by atoms with Gasteiger partial charge in [-0.1, -0.05) is 0 Å². The van der Waals surface area contributed by atoms with Gasteiger partial charge in [-0.2, -0.15) is 0 Å². The minimum atomic E-state index is -0.593. The van der Waals surface area contributed by atoms with Crippen LogP contribution in [-0.2, 0) is 9.53 Å². The topological polar surface area (TPSA) is 54.0 Å². The Labute approximate surface area is 162 Å². The molecule has 0 radical (unpaired) electrons. The van der Waals surface area contributed by atoms with Crippen LogP contribution in [0.1, 0.15) is 26.2 Å². The number of hydrogen-bond donors (Lipinski definition) is 1. The molecule has 27 heavy (non-hydrogen) atoms.